The van der Waals surface area contributed by atoms with Gasteiger partial charge in [0, 0.05) is 31.4 Å². The second kappa shape index (κ2) is 7.84. The van der Waals surface area contributed by atoms with E-state index in [9.17, 15) is 15.0 Å². The summed E-state index contributed by atoms with van der Waals surface area (Å²) in [6.07, 6.45) is 0.680. The fourth-order valence-electron chi connectivity index (χ4n) is 4.29. The van der Waals surface area contributed by atoms with Crippen LogP contribution in [0.5, 0.6) is 11.5 Å². The van der Waals surface area contributed by atoms with E-state index in [1.54, 1.807) is 36.3 Å². The molecule has 0 aliphatic carbocycles. The average molecular weight is 407 g/mol. The molecule has 0 bridgehead atoms. The van der Waals surface area contributed by atoms with Gasteiger partial charge in [0.1, 0.15) is 22.9 Å². The number of carbonyl (C=O) groups excluding carboxylic acids is 1. The molecule has 3 aromatic rings. The standard InChI is InChI=1S/C23H25N3O4/c1-13-10-14(2)18(17(28)11-13)20-19-21(25-24-20)23(29)26(8-5-9-30-3)22(19)15-6-4-7-16(27)12-15/h4,6-7,10-12,22,27-28H,5,8-9H2,1-3H3,(H,24,25). The van der Waals surface area contributed by atoms with Crippen molar-refractivity contribution in [3.05, 3.63) is 64.3 Å². The number of methoxy groups -OCH3 is 1. The van der Waals surface area contributed by atoms with E-state index in [0.717, 1.165) is 16.7 Å². The van der Waals surface area contributed by atoms with Crippen molar-refractivity contribution in [2.45, 2.75) is 26.3 Å². The average Bonchev–Trinajstić information content (AvgIpc) is 3.21. The van der Waals surface area contributed by atoms with Gasteiger partial charge in [-0.15, -0.1) is 0 Å². The Bertz CT molecular complexity index is 1080. The molecule has 4 rings (SSSR count). The minimum Gasteiger partial charge on any atom is -0.508 e. The molecule has 1 aliphatic heterocycles. The quantitative estimate of drug-likeness (QED) is 0.542. The highest BCUT2D eigenvalue weighted by Gasteiger charge is 2.42. The zero-order valence-electron chi connectivity index (χ0n) is 17.3. The number of phenolic OH excluding ortho intramolecular Hbond substituents is 2. The number of benzene rings is 2. The number of rotatable bonds is 6. The lowest BCUT2D eigenvalue weighted by Gasteiger charge is -2.26. The maximum absolute atomic E-state index is 13.2. The Morgan fingerprint density at radius 1 is 1.20 bits per heavy atom. The van der Waals surface area contributed by atoms with Crippen molar-refractivity contribution in [1.29, 1.82) is 0 Å². The van der Waals surface area contributed by atoms with Gasteiger partial charge in [-0.2, -0.15) is 5.10 Å². The molecule has 0 saturated heterocycles. The highest BCUT2D eigenvalue weighted by atomic mass is 16.5. The number of aromatic nitrogens is 2. The predicted octanol–water partition coefficient (Wildman–Crippen LogP) is 3.69. The molecule has 1 atom stereocenters. The molecular formula is C23H25N3O4. The fraction of sp³-hybridized carbons (Fsp3) is 0.304. The molecule has 0 radical (unpaired) electrons. The van der Waals surface area contributed by atoms with Crippen LogP contribution in [0.1, 0.15) is 45.2 Å². The normalized spacial score (nSPS) is 15.6. The van der Waals surface area contributed by atoms with Gasteiger partial charge in [-0.3, -0.25) is 9.89 Å². The van der Waals surface area contributed by atoms with Crippen LogP contribution >= 0.6 is 0 Å². The van der Waals surface area contributed by atoms with Crippen LogP contribution in [-0.2, 0) is 4.74 Å². The summed E-state index contributed by atoms with van der Waals surface area (Å²) < 4.78 is 5.16. The van der Waals surface area contributed by atoms with Gasteiger partial charge in [-0.05, 0) is 55.2 Å². The third-order valence-electron chi connectivity index (χ3n) is 5.49. The topological polar surface area (TPSA) is 98.7 Å². The zero-order valence-corrected chi connectivity index (χ0v) is 17.3. The largest absolute Gasteiger partial charge is 0.508 e. The first-order valence-corrected chi connectivity index (χ1v) is 9.90. The molecule has 2 aromatic carbocycles. The molecule has 156 valence electrons. The van der Waals surface area contributed by atoms with Crippen LogP contribution in [0.15, 0.2) is 36.4 Å². The van der Waals surface area contributed by atoms with Crippen LogP contribution in [-0.4, -0.2) is 51.5 Å². The number of carbonyl (C=O) groups is 1. The van der Waals surface area contributed by atoms with Crippen molar-refractivity contribution in [2.24, 2.45) is 0 Å². The number of nitrogens with zero attached hydrogens (tertiary/aromatic N) is 2. The van der Waals surface area contributed by atoms with E-state index in [-0.39, 0.29) is 17.4 Å². The lowest BCUT2D eigenvalue weighted by atomic mass is 9.93. The SMILES string of the molecule is COCCCN1C(=O)c2[nH]nc(-c3c(C)cc(C)cc3O)c2C1c1cccc(O)c1. The summed E-state index contributed by atoms with van der Waals surface area (Å²) in [7, 11) is 1.63. The highest BCUT2D eigenvalue weighted by Crippen LogP contribution is 2.45. The molecular weight excluding hydrogens is 382 g/mol. The summed E-state index contributed by atoms with van der Waals surface area (Å²) in [5.41, 5.74) is 4.89. The molecule has 0 spiro atoms. The van der Waals surface area contributed by atoms with Crippen molar-refractivity contribution in [2.75, 3.05) is 20.3 Å². The van der Waals surface area contributed by atoms with E-state index in [1.807, 2.05) is 26.0 Å². The van der Waals surface area contributed by atoms with E-state index in [1.165, 1.54) is 0 Å². The van der Waals surface area contributed by atoms with E-state index in [2.05, 4.69) is 10.2 Å². The first-order chi connectivity index (χ1) is 14.4. The van der Waals surface area contributed by atoms with E-state index < -0.39 is 6.04 Å². The smallest absolute Gasteiger partial charge is 0.273 e. The zero-order chi connectivity index (χ0) is 21.4. The number of H-pyrrole nitrogens is 1. The number of fused-ring (bicyclic) bond motifs is 1. The highest BCUT2D eigenvalue weighted by molar-refractivity contribution is 6.00. The van der Waals surface area contributed by atoms with Gasteiger partial charge in [-0.1, -0.05) is 18.2 Å². The van der Waals surface area contributed by atoms with E-state index >= 15 is 0 Å². The Morgan fingerprint density at radius 2 is 2.00 bits per heavy atom. The summed E-state index contributed by atoms with van der Waals surface area (Å²) in [5, 5.41) is 28.0. The van der Waals surface area contributed by atoms with Gasteiger partial charge in [0.05, 0.1) is 6.04 Å². The van der Waals surface area contributed by atoms with Crippen LogP contribution in [0.4, 0.5) is 0 Å². The van der Waals surface area contributed by atoms with Crippen LogP contribution in [0, 0.1) is 13.8 Å². The third-order valence-corrected chi connectivity index (χ3v) is 5.49. The number of ether oxygens (including phenoxy) is 1. The number of hydrogen-bond donors (Lipinski definition) is 3. The predicted molar refractivity (Wildman–Crippen MR) is 113 cm³/mol. The van der Waals surface area contributed by atoms with Gasteiger partial charge in [-0.25, -0.2) is 0 Å². The van der Waals surface area contributed by atoms with Crippen LogP contribution < -0.4 is 0 Å². The van der Waals surface area contributed by atoms with Crippen molar-refractivity contribution >= 4 is 5.91 Å². The van der Waals surface area contributed by atoms with Gasteiger partial charge >= 0.3 is 0 Å². The Balaban J connectivity index is 1.88. The Hall–Kier alpha value is -3.32. The molecule has 7 heteroatoms. The minimum atomic E-state index is -0.426. The number of hydrogen-bond acceptors (Lipinski definition) is 5. The summed E-state index contributed by atoms with van der Waals surface area (Å²) in [5.74, 6) is 0.101. The summed E-state index contributed by atoms with van der Waals surface area (Å²) in [6.45, 7) is 4.86. The molecule has 1 aromatic heterocycles. The first-order valence-electron chi connectivity index (χ1n) is 9.90. The number of aryl methyl sites for hydroxylation is 2. The molecule has 1 unspecified atom stereocenters. The minimum absolute atomic E-state index is 0.127. The van der Waals surface area contributed by atoms with Crippen LogP contribution in [0.25, 0.3) is 11.3 Å². The fourth-order valence-corrected chi connectivity index (χ4v) is 4.29. The van der Waals surface area contributed by atoms with Gasteiger partial charge in [0.2, 0.25) is 0 Å². The maximum Gasteiger partial charge on any atom is 0.273 e. The van der Waals surface area contributed by atoms with Crippen molar-refractivity contribution in [1.82, 2.24) is 15.1 Å². The van der Waals surface area contributed by atoms with Crippen molar-refractivity contribution in [3.63, 3.8) is 0 Å². The van der Waals surface area contributed by atoms with E-state index in [4.69, 9.17) is 4.74 Å². The lowest BCUT2D eigenvalue weighted by Crippen LogP contribution is -2.31. The van der Waals surface area contributed by atoms with Gasteiger partial charge in [0.15, 0.2) is 0 Å². The number of amides is 1. The second-order valence-electron chi connectivity index (χ2n) is 7.68. The number of phenols is 2. The van der Waals surface area contributed by atoms with Crippen LogP contribution in [0.2, 0.25) is 0 Å². The molecule has 1 aliphatic rings. The molecule has 0 fully saturated rings. The maximum atomic E-state index is 13.2. The molecule has 30 heavy (non-hydrogen) atoms. The van der Waals surface area contributed by atoms with Crippen molar-refractivity contribution in [3.8, 4) is 22.8 Å². The van der Waals surface area contributed by atoms with Crippen LogP contribution in [0.3, 0.4) is 0 Å². The monoisotopic (exact) mass is 407 g/mol. The number of aromatic hydroxyl groups is 2. The molecule has 1 amide bonds. The Morgan fingerprint density at radius 3 is 2.70 bits per heavy atom. The van der Waals surface area contributed by atoms with E-state index in [0.29, 0.717) is 42.1 Å². The molecule has 2 heterocycles. The Kier molecular flexibility index (Phi) is 5.22. The summed E-state index contributed by atoms with van der Waals surface area (Å²) in [6, 6.07) is 10.2. The summed E-state index contributed by atoms with van der Waals surface area (Å²) in [4.78, 5) is 15.0. The number of aromatic amines is 1. The van der Waals surface area contributed by atoms with Gasteiger partial charge in [0.25, 0.3) is 5.91 Å². The second-order valence-corrected chi connectivity index (χ2v) is 7.68. The number of nitrogens with one attached hydrogen (secondary N) is 1. The first kappa shape index (κ1) is 20.0. The molecule has 3 N–H and O–H groups in total. The van der Waals surface area contributed by atoms with Gasteiger partial charge < -0.3 is 19.8 Å². The molecule has 7 nitrogen and oxygen atoms in total. The summed E-state index contributed by atoms with van der Waals surface area (Å²) >= 11 is 0. The lowest BCUT2D eigenvalue weighted by molar-refractivity contribution is 0.0723. The third kappa shape index (κ3) is 3.31. The molecule has 0 saturated carbocycles. The Labute approximate surface area is 174 Å². The van der Waals surface area contributed by atoms with Crippen molar-refractivity contribution < 1.29 is 19.7 Å².